The zero-order valence-corrected chi connectivity index (χ0v) is 6.13. The molecule has 0 aromatic rings. The minimum atomic E-state index is -3.03. The van der Waals surface area contributed by atoms with Gasteiger partial charge in [-0.05, 0) is 13.0 Å². The predicted octanol–water partition coefficient (Wildman–Crippen LogP) is -0.571. The number of halogens is 2. The molecule has 1 aliphatic heterocycles. The molecule has 0 aromatic heterocycles. The molecule has 1 saturated heterocycles. The molecule has 0 aromatic carbocycles. The summed E-state index contributed by atoms with van der Waals surface area (Å²) in [5, 5.41) is 19.9. The average molecular weight is 181 g/mol. The van der Waals surface area contributed by atoms with Crippen LogP contribution in [0.25, 0.3) is 0 Å². The second-order valence-corrected chi connectivity index (χ2v) is 2.77. The van der Waals surface area contributed by atoms with Gasteiger partial charge >= 0.3 is 5.97 Å². The molecule has 12 heavy (non-hydrogen) atoms. The molecule has 1 heterocycles. The third-order valence-corrected chi connectivity index (χ3v) is 2.00. The Balaban J connectivity index is 2.81. The number of aliphatic hydroxyl groups is 1. The van der Waals surface area contributed by atoms with Crippen molar-refractivity contribution < 1.29 is 23.8 Å². The number of carbonyl (C=O) groups is 1. The van der Waals surface area contributed by atoms with Gasteiger partial charge < -0.3 is 15.5 Å². The lowest BCUT2D eigenvalue weighted by Crippen LogP contribution is -2.52. The topological polar surface area (TPSA) is 69.6 Å². The summed E-state index contributed by atoms with van der Waals surface area (Å²) in [6.45, 7) is 0.0950. The zero-order chi connectivity index (χ0) is 9.35. The van der Waals surface area contributed by atoms with Crippen LogP contribution < -0.4 is 5.32 Å². The molecule has 3 N–H and O–H groups in total. The van der Waals surface area contributed by atoms with Crippen LogP contribution in [0.2, 0.25) is 0 Å². The molecule has 0 spiro atoms. The Morgan fingerprint density at radius 1 is 1.67 bits per heavy atom. The molecule has 0 saturated carbocycles. The molecule has 2 unspecified atom stereocenters. The summed E-state index contributed by atoms with van der Waals surface area (Å²) in [6.07, 6.45) is -3.27. The fourth-order valence-corrected chi connectivity index (χ4v) is 1.27. The van der Waals surface area contributed by atoms with Crippen molar-refractivity contribution in [2.24, 2.45) is 0 Å². The Morgan fingerprint density at radius 2 is 2.25 bits per heavy atom. The van der Waals surface area contributed by atoms with Gasteiger partial charge in [-0.25, -0.2) is 8.78 Å². The molecule has 1 aliphatic rings. The summed E-state index contributed by atoms with van der Waals surface area (Å²) in [6, 6.07) is -1.56. The van der Waals surface area contributed by atoms with Crippen molar-refractivity contribution >= 4 is 5.97 Å². The summed E-state index contributed by atoms with van der Waals surface area (Å²) < 4.78 is 24.4. The van der Waals surface area contributed by atoms with Crippen LogP contribution in [-0.4, -0.2) is 40.8 Å². The van der Waals surface area contributed by atoms with Gasteiger partial charge in [0.05, 0.1) is 0 Å². The minimum Gasteiger partial charge on any atom is -0.480 e. The van der Waals surface area contributed by atoms with E-state index in [0.717, 1.165) is 0 Å². The van der Waals surface area contributed by atoms with Gasteiger partial charge in [0.15, 0.2) is 5.60 Å². The maximum atomic E-state index is 12.2. The number of hydrogen-bond donors (Lipinski definition) is 3. The first kappa shape index (κ1) is 9.34. The molecule has 1 fully saturated rings. The molecular weight excluding hydrogens is 172 g/mol. The average Bonchev–Trinajstić information content (AvgIpc) is 2.32. The van der Waals surface area contributed by atoms with Gasteiger partial charge in [-0.1, -0.05) is 0 Å². The lowest BCUT2D eigenvalue weighted by Gasteiger charge is -2.25. The highest BCUT2D eigenvalue weighted by Gasteiger charge is 2.52. The molecule has 0 bridgehead atoms. The monoisotopic (exact) mass is 181 g/mol. The molecule has 0 aliphatic carbocycles. The number of carboxylic acid groups (broad SMARTS) is 1. The van der Waals surface area contributed by atoms with Gasteiger partial charge in [-0.3, -0.25) is 4.79 Å². The van der Waals surface area contributed by atoms with Crippen molar-refractivity contribution in [2.75, 3.05) is 6.54 Å². The molecule has 0 radical (unpaired) electrons. The lowest BCUT2D eigenvalue weighted by molar-refractivity contribution is -0.155. The van der Waals surface area contributed by atoms with Crippen molar-refractivity contribution in [1.29, 1.82) is 0 Å². The molecule has 4 nitrogen and oxygen atoms in total. The van der Waals surface area contributed by atoms with Crippen LogP contribution in [0.3, 0.4) is 0 Å². The van der Waals surface area contributed by atoms with E-state index in [1.807, 2.05) is 0 Å². The van der Waals surface area contributed by atoms with Gasteiger partial charge in [0.1, 0.15) is 6.04 Å². The second-order valence-electron chi connectivity index (χ2n) is 2.77. The first-order valence-corrected chi connectivity index (χ1v) is 3.45. The molecule has 1 rings (SSSR count). The number of rotatable bonds is 2. The van der Waals surface area contributed by atoms with Crippen LogP contribution >= 0.6 is 0 Å². The molecule has 0 amide bonds. The van der Waals surface area contributed by atoms with Gasteiger partial charge in [-0.15, -0.1) is 0 Å². The quantitative estimate of drug-likeness (QED) is 0.533. The Kier molecular flexibility index (Phi) is 2.29. The summed E-state index contributed by atoms with van der Waals surface area (Å²) in [7, 11) is 0. The van der Waals surface area contributed by atoms with Crippen molar-refractivity contribution in [2.45, 2.75) is 24.5 Å². The number of carboxylic acids is 1. The van der Waals surface area contributed by atoms with E-state index in [2.05, 4.69) is 5.32 Å². The van der Waals surface area contributed by atoms with Gasteiger partial charge in [-0.2, -0.15) is 0 Å². The van der Waals surface area contributed by atoms with Gasteiger partial charge in [0.25, 0.3) is 6.43 Å². The summed E-state index contributed by atoms with van der Waals surface area (Å²) in [5.74, 6) is -1.45. The van der Waals surface area contributed by atoms with Gasteiger partial charge in [0, 0.05) is 0 Å². The number of alkyl halides is 2. The Bertz CT molecular complexity index is 199. The molecule has 2 atom stereocenters. The van der Waals surface area contributed by atoms with E-state index >= 15 is 0 Å². The van der Waals surface area contributed by atoms with E-state index < -0.39 is 24.0 Å². The van der Waals surface area contributed by atoms with E-state index in [0.29, 0.717) is 0 Å². The van der Waals surface area contributed by atoms with Crippen molar-refractivity contribution in [3.63, 3.8) is 0 Å². The molecule has 70 valence electrons. The van der Waals surface area contributed by atoms with Crippen LogP contribution in [0.1, 0.15) is 6.42 Å². The lowest BCUT2D eigenvalue weighted by atomic mass is 9.96. The third kappa shape index (κ3) is 1.27. The maximum Gasteiger partial charge on any atom is 0.323 e. The van der Waals surface area contributed by atoms with Crippen molar-refractivity contribution in [3.8, 4) is 0 Å². The predicted molar refractivity (Wildman–Crippen MR) is 35.0 cm³/mol. The summed E-state index contributed by atoms with van der Waals surface area (Å²) in [5.41, 5.74) is -2.41. The highest BCUT2D eigenvalue weighted by Crippen LogP contribution is 2.28. The second kappa shape index (κ2) is 2.95. The SMILES string of the molecule is O=C(O)C1NCCC1(O)C(F)F. The number of nitrogens with one attached hydrogen (secondary N) is 1. The summed E-state index contributed by atoms with van der Waals surface area (Å²) >= 11 is 0. The van der Waals surface area contributed by atoms with E-state index in [1.165, 1.54) is 0 Å². The number of aliphatic carboxylic acids is 1. The van der Waals surface area contributed by atoms with E-state index in [9.17, 15) is 18.7 Å². The van der Waals surface area contributed by atoms with Crippen LogP contribution in [0.5, 0.6) is 0 Å². The minimum absolute atomic E-state index is 0.0950. The van der Waals surface area contributed by atoms with Gasteiger partial charge in [0.2, 0.25) is 0 Å². The molecule has 6 heteroatoms. The standard InChI is InChI=1S/C6H9F2NO3/c7-5(8)6(12)1-2-9-3(6)4(10)11/h3,5,9,12H,1-2H2,(H,10,11). The van der Waals surface area contributed by atoms with Crippen LogP contribution in [0.4, 0.5) is 8.78 Å². The van der Waals surface area contributed by atoms with Crippen LogP contribution in [0.15, 0.2) is 0 Å². The highest BCUT2D eigenvalue weighted by molar-refractivity contribution is 5.75. The normalized spacial score (nSPS) is 35.8. The fourth-order valence-electron chi connectivity index (χ4n) is 1.27. The first-order chi connectivity index (χ1) is 5.48. The number of hydrogen-bond acceptors (Lipinski definition) is 3. The third-order valence-electron chi connectivity index (χ3n) is 2.00. The Hall–Kier alpha value is -0.750. The highest BCUT2D eigenvalue weighted by atomic mass is 19.3. The van der Waals surface area contributed by atoms with E-state index in [4.69, 9.17) is 5.11 Å². The Labute approximate surface area is 67.2 Å². The first-order valence-electron chi connectivity index (χ1n) is 3.45. The van der Waals surface area contributed by atoms with E-state index in [-0.39, 0.29) is 13.0 Å². The van der Waals surface area contributed by atoms with Crippen molar-refractivity contribution in [3.05, 3.63) is 0 Å². The largest absolute Gasteiger partial charge is 0.480 e. The van der Waals surface area contributed by atoms with Crippen LogP contribution in [-0.2, 0) is 4.79 Å². The Morgan fingerprint density at radius 3 is 2.58 bits per heavy atom. The van der Waals surface area contributed by atoms with Crippen molar-refractivity contribution in [1.82, 2.24) is 5.32 Å². The maximum absolute atomic E-state index is 12.2. The summed E-state index contributed by atoms with van der Waals surface area (Å²) in [4.78, 5) is 10.4. The fraction of sp³-hybridized carbons (Fsp3) is 0.833. The smallest absolute Gasteiger partial charge is 0.323 e. The zero-order valence-electron chi connectivity index (χ0n) is 6.13. The van der Waals surface area contributed by atoms with Crippen LogP contribution in [0, 0.1) is 0 Å². The molecular formula is C6H9F2NO3. The van der Waals surface area contributed by atoms with E-state index in [1.54, 1.807) is 0 Å².